The second kappa shape index (κ2) is 51.0. The van der Waals surface area contributed by atoms with Crippen molar-refractivity contribution in [3.63, 3.8) is 0 Å². The molecular weight excluding hydrogens is 781 g/mol. The van der Waals surface area contributed by atoms with Crippen molar-refractivity contribution in [2.45, 2.75) is 232 Å². The molecule has 0 aliphatic rings. The third kappa shape index (κ3) is 49.2. The van der Waals surface area contributed by atoms with E-state index in [-0.39, 0.29) is 44.0 Å². The van der Waals surface area contributed by atoms with Gasteiger partial charge in [-0.1, -0.05) is 214 Å². The van der Waals surface area contributed by atoms with Gasteiger partial charge in [0.2, 0.25) is 0 Å². The lowest BCUT2D eigenvalue weighted by Gasteiger charge is -2.18. The van der Waals surface area contributed by atoms with Gasteiger partial charge in [-0.05, 0) is 89.9 Å². The molecule has 358 valence electrons. The number of unbranched alkanes of at least 4 members (excludes halogenated alkanes) is 20. The number of ether oxygens (including phenoxy) is 3. The highest BCUT2D eigenvalue weighted by molar-refractivity contribution is 5.71. The molecule has 0 bridgehead atoms. The quantitative estimate of drug-likeness (QED) is 0.0199. The summed E-state index contributed by atoms with van der Waals surface area (Å²) in [6.45, 7) is 6.37. The predicted octanol–water partition coefficient (Wildman–Crippen LogP) is 17.0. The lowest BCUT2D eigenvalue weighted by atomic mass is 10.1. The standard InChI is InChI=1S/C57H94O6/c1-4-7-10-13-16-19-22-25-27-28-30-32-35-38-41-44-47-50-56(59)62-53-54(52-61-55(58)49-46-43-40-37-34-31-24-21-18-15-12-9-6-3)63-57(60)51-48-45-42-39-36-33-29-26-23-20-17-14-11-8-5-2/h8,11,14,17,20,23,25,27,30-32,34,38,40-41,43,54H,4-7,9-10,12-13,15-16,18-19,21-22,24,26,28-29,33,35-37,39,42,44-53H2,1-3H3/b11-8+,17-14+,23-20+,27-25+,32-30+,34-31+,41-38+,43-40+. The number of carbonyl (C=O) groups excluding carboxylic acids is 3. The van der Waals surface area contributed by atoms with Crippen molar-refractivity contribution in [1.29, 1.82) is 0 Å². The van der Waals surface area contributed by atoms with E-state index in [9.17, 15) is 14.4 Å². The van der Waals surface area contributed by atoms with E-state index in [2.05, 4.69) is 112 Å². The average Bonchev–Trinajstić information content (AvgIpc) is 3.28. The van der Waals surface area contributed by atoms with E-state index in [0.29, 0.717) is 19.3 Å². The van der Waals surface area contributed by atoms with Gasteiger partial charge in [0.05, 0.1) is 0 Å². The molecule has 0 amide bonds. The summed E-state index contributed by atoms with van der Waals surface area (Å²) in [5.41, 5.74) is 0. The number of hydrogen-bond acceptors (Lipinski definition) is 6. The lowest BCUT2D eigenvalue weighted by molar-refractivity contribution is -0.166. The molecular formula is C57H94O6. The molecule has 6 heteroatoms. The maximum atomic E-state index is 12.8. The Balaban J connectivity index is 4.55. The number of allylic oxidation sites excluding steroid dienone is 16. The van der Waals surface area contributed by atoms with Crippen molar-refractivity contribution in [2.75, 3.05) is 13.2 Å². The molecule has 1 unspecified atom stereocenters. The Morgan fingerprint density at radius 2 is 0.730 bits per heavy atom. The van der Waals surface area contributed by atoms with E-state index in [1.807, 2.05) is 6.08 Å². The highest BCUT2D eigenvalue weighted by Crippen LogP contribution is 2.13. The second-order valence-corrected chi connectivity index (χ2v) is 16.7. The second-order valence-electron chi connectivity index (χ2n) is 16.7. The van der Waals surface area contributed by atoms with Crippen LogP contribution in [0, 0.1) is 0 Å². The van der Waals surface area contributed by atoms with E-state index < -0.39 is 6.10 Å². The molecule has 0 saturated heterocycles. The zero-order chi connectivity index (χ0) is 45.8. The molecule has 1 atom stereocenters. The Hall–Kier alpha value is -3.67. The van der Waals surface area contributed by atoms with Crippen LogP contribution in [-0.4, -0.2) is 37.2 Å². The summed E-state index contributed by atoms with van der Waals surface area (Å²) in [5.74, 6) is -1.06. The van der Waals surface area contributed by atoms with Crippen LogP contribution in [0.1, 0.15) is 226 Å². The smallest absolute Gasteiger partial charge is 0.306 e. The molecule has 0 heterocycles. The largest absolute Gasteiger partial charge is 0.462 e. The van der Waals surface area contributed by atoms with Crippen LogP contribution in [-0.2, 0) is 28.6 Å². The van der Waals surface area contributed by atoms with Gasteiger partial charge in [0.25, 0.3) is 0 Å². The molecule has 0 radical (unpaired) electrons. The molecule has 0 aliphatic carbocycles. The third-order valence-electron chi connectivity index (χ3n) is 10.6. The van der Waals surface area contributed by atoms with E-state index >= 15 is 0 Å². The number of rotatable bonds is 45. The van der Waals surface area contributed by atoms with Gasteiger partial charge in [0.15, 0.2) is 6.10 Å². The summed E-state index contributed by atoms with van der Waals surface area (Å²) < 4.78 is 16.7. The first kappa shape index (κ1) is 59.3. The van der Waals surface area contributed by atoms with Crippen molar-refractivity contribution in [2.24, 2.45) is 0 Å². The summed E-state index contributed by atoms with van der Waals surface area (Å²) in [6, 6.07) is 0. The van der Waals surface area contributed by atoms with Crippen LogP contribution in [0.2, 0.25) is 0 Å². The molecule has 0 aromatic carbocycles. The van der Waals surface area contributed by atoms with Crippen LogP contribution in [0.4, 0.5) is 0 Å². The zero-order valence-corrected chi connectivity index (χ0v) is 40.8. The van der Waals surface area contributed by atoms with Gasteiger partial charge in [0, 0.05) is 19.3 Å². The minimum absolute atomic E-state index is 0.127. The van der Waals surface area contributed by atoms with Crippen molar-refractivity contribution in [3.8, 4) is 0 Å². The summed E-state index contributed by atoms with van der Waals surface area (Å²) in [5, 5.41) is 0. The molecule has 0 aliphatic heterocycles. The highest BCUT2D eigenvalue weighted by atomic mass is 16.6. The van der Waals surface area contributed by atoms with Crippen molar-refractivity contribution in [3.05, 3.63) is 97.2 Å². The molecule has 0 spiro atoms. The van der Waals surface area contributed by atoms with Crippen molar-refractivity contribution in [1.82, 2.24) is 0 Å². The lowest BCUT2D eigenvalue weighted by Crippen LogP contribution is -2.30. The van der Waals surface area contributed by atoms with Crippen LogP contribution >= 0.6 is 0 Å². The summed E-state index contributed by atoms with van der Waals surface area (Å²) in [4.78, 5) is 37.9. The summed E-state index contributed by atoms with van der Waals surface area (Å²) in [7, 11) is 0. The maximum Gasteiger partial charge on any atom is 0.306 e. The Morgan fingerprint density at radius 3 is 1.24 bits per heavy atom. The van der Waals surface area contributed by atoms with E-state index in [1.54, 1.807) is 0 Å². The van der Waals surface area contributed by atoms with Crippen molar-refractivity contribution < 1.29 is 28.6 Å². The zero-order valence-electron chi connectivity index (χ0n) is 40.8. The summed E-state index contributed by atoms with van der Waals surface area (Å²) in [6.07, 6.45) is 66.9. The first-order valence-corrected chi connectivity index (χ1v) is 25.8. The third-order valence-corrected chi connectivity index (χ3v) is 10.6. The van der Waals surface area contributed by atoms with Gasteiger partial charge in [0.1, 0.15) is 13.2 Å². The monoisotopic (exact) mass is 875 g/mol. The van der Waals surface area contributed by atoms with Gasteiger partial charge < -0.3 is 14.2 Å². The van der Waals surface area contributed by atoms with Crippen LogP contribution in [0.3, 0.4) is 0 Å². The predicted molar refractivity (Wildman–Crippen MR) is 270 cm³/mol. The first-order valence-electron chi connectivity index (χ1n) is 25.8. The molecule has 6 nitrogen and oxygen atoms in total. The van der Waals surface area contributed by atoms with E-state index in [0.717, 1.165) is 70.6 Å². The van der Waals surface area contributed by atoms with Crippen LogP contribution in [0.15, 0.2) is 97.2 Å². The maximum absolute atomic E-state index is 12.8. The highest BCUT2D eigenvalue weighted by Gasteiger charge is 2.19. The Morgan fingerprint density at radius 1 is 0.349 bits per heavy atom. The molecule has 0 N–H and O–H groups in total. The van der Waals surface area contributed by atoms with Crippen LogP contribution in [0.5, 0.6) is 0 Å². The molecule has 0 rings (SSSR count). The van der Waals surface area contributed by atoms with E-state index in [4.69, 9.17) is 14.2 Å². The average molecular weight is 875 g/mol. The Kier molecular flexibility index (Phi) is 48.0. The van der Waals surface area contributed by atoms with Crippen LogP contribution < -0.4 is 0 Å². The fourth-order valence-corrected chi connectivity index (χ4v) is 6.75. The topological polar surface area (TPSA) is 78.9 Å². The number of esters is 3. The molecule has 0 saturated carbocycles. The first-order chi connectivity index (χ1) is 31.0. The minimum atomic E-state index is -0.827. The molecule has 0 aromatic rings. The van der Waals surface area contributed by atoms with Gasteiger partial charge in [-0.2, -0.15) is 0 Å². The van der Waals surface area contributed by atoms with Gasteiger partial charge >= 0.3 is 17.9 Å². The van der Waals surface area contributed by atoms with Crippen molar-refractivity contribution >= 4 is 17.9 Å². The fourth-order valence-electron chi connectivity index (χ4n) is 6.75. The van der Waals surface area contributed by atoms with Gasteiger partial charge in [-0.3, -0.25) is 14.4 Å². The fraction of sp³-hybridized carbons (Fsp3) is 0.667. The summed E-state index contributed by atoms with van der Waals surface area (Å²) >= 11 is 0. The normalized spacial score (nSPS) is 12.9. The van der Waals surface area contributed by atoms with Gasteiger partial charge in [-0.15, -0.1) is 0 Å². The minimum Gasteiger partial charge on any atom is -0.462 e. The van der Waals surface area contributed by atoms with Crippen LogP contribution in [0.25, 0.3) is 0 Å². The molecule has 63 heavy (non-hydrogen) atoms. The Labute approximate surface area is 387 Å². The molecule has 0 aromatic heterocycles. The SMILES string of the molecule is CC/C=C/C=C/C=C/CCCCCCCCCC(=O)OC(COC(=O)CC/C=C/C/C=C/CCCCCCCC)COC(=O)CCC/C=C/C/C=C/C/C=C/CCCCCCCC. The van der Waals surface area contributed by atoms with E-state index in [1.165, 1.54) is 103 Å². The number of hydrogen-bond donors (Lipinski definition) is 0. The van der Waals surface area contributed by atoms with Gasteiger partial charge in [-0.25, -0.2) is 0 Å². The molecule has 0 fully saturated rings. The Bertz CT molecular complexity index is 1280. The number of carbonyl (C=O) groups is 3.